The summed E-state index contributed by atoms with van der Waals surface area (Å²) in [4.78, 5) is 5.95. The standard InChI is InChI=1S/C27H21NS/c1-18-7-6-8-19(2)27(18)22-13-11-21(12-14-22)25-16-23-15-24(28-17-26(23)29-25)20-9-4-3-5-10-20/h3-17H,1-2H3. The Morgan fingerprint density at radius 2 is 1.34 bits per heavy atom. The summed E-state index contributed by atoms with van der Waals surface area (Å²) in [5, 5.41) is 1.25. The third-order valence-electron chi connectivity index (χ3n) is 5.41. The molecule has 0 amide bonds. The van der Waals surface area contributed by atoms with E-state index in [-0.39, 0.29) is 0 Å². The molecule has 5 rings (SSSR count). The second-order valence-corrected chi connectivity index (χ2v) is 8.51. The van der Waals surface area contributed by atoms with E-state index >= 15 is 0 Å². The Morgan fingerprint density at radius 3 is 2.07 bits per heavy atom. The van der Waals surface area contributed by atoms with Crippen LogP contribution in [-0.2, 0) is 0 Å². The Labute approximate surface area is 175 Å². The zero-order valence-corrected chi connectivity index (χ0v) is 17.3. The fourth-order valence-corrected chi connectivity index (χ4v) is 4.94. The highest BCUT2D eigenvalue weighted by Gasteiger charge is 2.09. The van der Waals surface area contributed by atoms with Crippen LogP contribution in [-0.4, -0.2) is 4.98 Å². The lowest BCUT2D eigenvalue weighted by Crippen LogP contribution is -1.87. The summed E-state index contributed by atoms with van der Waals surface area (Å²) < 4.78 is 1.22. The van der Waals surface area contributed by atoms with Gasteiger partial charge in [0.05, 0.1) is 10.4 Å². The van der Waals surface area contributed by atoms with E-state index < -0.39 is 0 Å². The average Bonchev–Trinajstić information content (AvgIpc) is 3.18. The molecule has 0 saturated carbocycles. The first-order valence-corrected chi connectivity index (χ1v) is 10.6. The van der Waals surface area contributed by atoms with Crippen molar-refractivity contribution < 1.29 is 0 Å². The third-order valence-corrected chi connectivity index (χ3v) is 6.55. The zero-order chi connectivity index (χ0) is 19.8. The van der Waals surface area contributed by atoms with Crippen LogP contribution in [0.2, 0.25) is 0 Å². The summed E-state index contributed by atoms with van der Waals surface area (Å²) in [6, 6.07) is 30.2. The first-order chi connectivity index (χ1) is 14.2. The molecule has 2 aromatic heterocycles. The molecule has 0 bridgehead atoms. The van der Waals surface area contributed by atoms with Crippen LogP contribution in [0.5, 0.6) is 0 Å². The van der Waals surface area contributed by atoms with E-state index in [1.165, 1.54) is 42.8 Å². The highest BCUT2D eigenvalue weighted by atomic mass is 32.1. The zero-order valence-electron chi connectivity index (χ0n) is 16.5. The van der Waals surface area contributed by atoms with Crippen molar-refractivity contribution >= 4 is 21.4 Å². The van der Waals surface area contributed by atoms with Crippen molar-refractivity contribution in [3.8, 4) is 32.8 Å². The minimum absolute atomic E-state index is 1.02. The molecule has 0 atom stereocenters. The molecule has 2 heterocycles. The Kier molecular flexibility index (Phi) is 4.49. The molecule has 29 heavy (non-hydrogen) atoms. The van der Waals surface area contributed by atoms with Crippen molar-refractivity contribution in [3.63, 3.8) is 0 Å². The number of fused-ring (bicyclic) bond motifs is 1. The average molecular weight is 392 g/mol. The highest BCUT2D eigenvalue weighted by Crippen LogP contribution is 2.36. The van der Waals surface area contributed by atoms with Crippen molar-refractivity contribution in [3.05, 3.63) is 102 Å². The Hall–Kier alpha value is -3.23. The number of nitrogens with zero attached hydrogens (tertiary/aromatic N) is 1. The molecular formula is C27H21NS. The number of aromatic nitrogens is 1. The first-order valence-electron chi connectivity index (χ1n) is 9.81. The summed E-state index contributed by atoms with van der Waals surface area (Å²) in [5.74, 6) is 0. The van der Waals surface area contributed by atoms with Gasteiger partial charge in [0.1, 0.15) is 0 Å². The minimum Gasteiger partial charge on any atom is -0.255 e. The second-order valence-electron chi connectivity index (χ2n) is 7.43. The van der Waals surface area contributed by atoms with Crippen LogP contribution in [0.3, 0.4) is 0 Å². The molecule has 0 aliphatic carbocycles. The fourth-order valence-electron chi connectivity index (χ4n) is 3.93. The molecule has 0 N–H and O–H groups in total. The lowest BCUT2D eigenvalue weighted by Gasteiger charge is -2.10. The van der Waals surface area contributed by atoms with E-state index in [0.29, 0.717) is 0 Å². The minimum atomic E-state index is 1.02. The molecule has 140 valence electrons. The van der Waals surface area contributed by atoms with E-state index in [1.54, 1.807) is 11.3 Å². The van der Waals surface area contributed by atoms with Crippen LogP contribution < -0.4 is 0 Å². The molecule has 5 aromatic rings. The maximum absolute atomic E-state index is 4.67. The van der Waals surface area contributed by atoms with E-state index in [4.69, 9.17) is 0 Å². The predicted molar refractivity (Wildman–Crippen MR) is 125 cm³/mol. The summed E-state index contributed by atoms with van der Waals surface area (Å²) in [5.41, 5.74) is 8.68. The molecule has 0 aliphatic rings. The van der Waals surface area contributed by atoms with E-state index in [0.717, 1.165) is 11.3 Å². The summed E-state index contributed by atoms with van der Waals surface area (Å²) in [6.07, 6.45) is 2.00. The van der Waals surface area contributed by atoms with Crippen LogP contribution in [0.25, 0.3) is 42.9 Å². The van der Waals surface area contributed by atoms with Gasteiger partial charge in [-0.05, 0) is 59.2 Å². The number of aryl methyl sites for hydroxylation is 2. The quantitative estimate of drug-likeness (QED) is 0.304. The van der Waals surface area contributed by atoms with Crippen LogP contribution >= 0.6 is 11.3 Å². The van der Waals surface area contributed by atoms with Gasteiger partial charge in [0.2, 0.25) is 0 Å². The van der Waals surface area contributed by atoms with Gasteiger partial charge in [-0.3, -0.25) is 4.98 Å². The van der Waals surface area contributed by atoms with E-state index in [2.05, 4.69) is 97.7 Å². The van der Waals surface area contributed by atoms with Crippen LogP contribution in [0.4, 0.5) is 0 Å². The van der Waals surface area contributed by atoms with Gasteiger partial charge >= 0.3 is 0 Å². The van der Waals surface area contributed by atoms with Crippen molar-refractivity contribution in [2.45, 2.75) is 13.8 Å². The number of hydrogen-bond acceptors (Lipinski definition) is 2. The van der Waals surface area contributed by atoms with Crippen LogP contribution in [0.15, 0.2) is 91.1 Å². The Bertz CT molecular complexity index is 1280. The van der Waals surface area contributed by atoms with Gasteiger partial charge in [0.15, 0.2) is 0 Å². The third kappa shape index (κ3) is 3.37. The van der Waals surface area contributed by atoms with Crippen molar-refractivity contribution in [2.24, 2.45) is 0 Å². The normalized spacial score (nSPS) is 11.1. The maximum Gasteiger partial charge on any atom is 0.0709 e. The Morgan fingerprint density at radius 1 is 0.655 bits per heavy atom. The molecular weight excluding hydrogens is 370 g/mol. The van der Waals surface area contributed by atoms with E-state index in [9.17, 15) is 0 Å². The summed E-state index contributed by atoms with van der Waals surface area (Å²) in [6.45, 7) is 4.36. The molecule has 2 heteroatoms. The topological polar surface area (TPSA) is 12.9 Å². The highest BCUT2D eigenvalue weighted by molar-refractivity contribution is 7.22. The Balaban J connectivity index is 1.51. The molecule has 0 aliphatic heterocycles. The number of rotatable bonds is 3. The van der Waals surface area contributed by atoms with Gasteiger partial charge in [-0.2, -0.15) is 0 Å². The smallest absolute Gasteiger partial charge is 0.0709 e. The van der Waals surface area contributed by atoms with Crippen molar-refractivity contribution in [2.75, 3.05) is 0 Å². The maximum atomic E-state index is 4.67. The van der Waals surface area contributed by atoms with Gasteiger partial charge in [-0.1, -0.05) is 72.8 Å². The van der Waals surface area contributed by atoms with Crippen LogP contribution in [0, 0.1) is 13.8 Å². The van der Waals surface area contributed by atoms with Crippen LogP contribution in [0.1, 0.15) is 11.1 Å². The monoisotopic (exact) mass is 391 g/mol. The van der Waals surface area contributed by atoms with Crippen molar-refractivity contribution in [1.82, 2.24) is 4.98 Å². The van der Waals surface area contributed by atoms with Gasteiger partial charge < -0.3 is 0 Å². The predicted octanol–water partition coefficient (Wildman–Crippen LogP) is 7.91. The van der Waals surface area contributed by atoms with Gasteiger partial charge in [0.25, 0.3) is 0 Å². The SMILES string of the molecule is Cc1cccc(C)c1-c1ccc(-c2cc3cc(-c4ccccc4)ncc3s2)cc1. The summed E-state index contributed by atoms with van der Waals surface area (Å²) >= 11 is 1.80. The molecule has 3 aromatic carbocycles. The van der Waals surface area contributed by atoms with Gasteiger partial charge in [-0.25, -0.2) is 0 Å². The number of hydrogen-bond donors (Lipinski definition) is 0. The lowest BCUT2D eigenvalue weighted by atomic mass is 9.95. The number of pyridine rings is 1. The van der Waals surface area contributed by atoms with Crippen molar-refractivity contribution in [1.29, 1.82) is 0 Å². The van der Waals surface area contributed by atoms with Gasteiger partial charge in [-0.15, -0.1) is 11.3 Å². The van der Waals surface area contributed by atoms with Gasteiger partial charge in [0, 0.05) is 16.6 Å². The molecule has 0 radical (unpaired) electrons. The van der Waals surface area contributed by atoms with E-state index in [1.807, 2.05) is 12.3 Å². The largest absolute Gasteiger partial charge is 0.255 e. The lowest BCUT2D eigenvalue weighted by molar-refractivity contribution is 1.36. The first kappa shape index (κ1) is 17.8. The fraction of sp³-hybridized carbons (Fsp3) is 0.0741. The molecule has 0 fully saturated rings. The summed E-state index contributed by atoms with van der Waals surface area (Å²) in [7, 11) is 0. The molecule has 0 spiro atoms. The number of benzene rings is 3. The molecule has 1 nitrogen and oxygen atoms in total. The number of thiophene rings is 1. The second kappa shape index (κ2) is 7.31. The molecule has 0 saturated heterocycles. The molecule has 0 unspecified atom stereocenters.